The summed E-state index contributed by atoms with van der Waals surface area (Å²) in [5.41, 5.74) is 3.71. The number of aryl methyl sites for hydroxylation is 2. The first kappa shape index (κ1) is 24.4. The second kappa shape index (κ2) is 15.9. The zero-order chi connectivity index (χ0) is 21.3. The quantitative estimate of drug-likeness (QED) is 0.189. The second-order valence-electron chi connectivity index (χ2n) is 8.75. The van der Waals surface area contributed by atoms with Crippen LogP contribution in [0, 0.1) is 0 Å². The predicted molar refractivity (Wildman–Crippen MR) is 130 cm³/mol. The van der Waals surface area contributed by atoms with Gasteiger partial charge in [-0.05, 0) is 49.3 Å². The van der Waals surface area contributed by atoms with E-state index in [9.17, 15) is 4.79 Å². The molecule has 164 valence electrons. The molecule has 30 heavy (non-hydrogen) atoms. The van der Waals surface area contributed by atoms with Gasteiger partial charge >= 0.3 is 0 Å². The van der Waals surface area contributed by atoms with E-state index in [1.165, 1.54) is 88.2 Å². The molecule has 0 saturated carbocycles. The molecule has 0 radical (unpaired) electrons. The third-order valence-corrected chi connectivity index (χ3v) is 6.03. The normalized spacial score (nSPS) is 11.0. The fourth-order valence-corrected chi connectivity index (χ4v) is 4.12. The summed E-state index contributed by atoms with van der Waals surface area (Å²) >= 11 is 0. The van der Waals surface area contributed by atoms with Crippen LogP contribution in [0.1, 0.15) is 112 Å². The van der Waals surface area contributed by atoms with Crippen molar-refractivity contribution in [2.45, 2.75) is 103 Å². The summed E-state index contributed by atoms with van der Waals surface area (Å²) in [7, 11) is 0. The minimum atomic E-state index is 0.325. The fraction of sp³-hybridized carbons (Fsp3) is 0.552. The Kier molecular flexibility index (Phi) is 12.9. The maximum atomic E-state index is 12.5. The molecule has 0 aliphatic heterocycles. The van der Waals surface area contributed by atoms with Crippen molar-refractivity contribution in [1.82, 2.24) is 0 Å². The SMILES string of the molecule is CCCCCCCCC(=O)c1cccc(CCCCCCCCc2ccccc2)c1. The van der Waals surface area contributed by atoms with Gasteiger partial charge in [0.2, 0.25) is 0 Å². The zero-order valence-corrected chi connectivity index (χ0v) is 19.2. The molecule has 0 unspecified atom stereocenters. The number of rotatable bonds is 17. The molecule has 0 amide bonds. The number of carbonyl (C=O) groups is 1. The third-order valence-electron chi connectivity index (χ3n) is 6.03. The predicted octanol–water partition coefficient (Wildman–Crippen LogP) is 8.75. The van der Waals surface area contributed by atoms with Gasteiger partial charge in [-0.1, -0.05) is 113 Å². The number of Topliss-reactive ketones (excluding diaryl/α,β-unsaturated/α-hetero) is 1. The fourth-order valence-electron chi connectivity index (χ4n) is 4.12. The molecule has 0 aromatic heterocycles. The number of carbonyl (C=O) groups excluding carboxylic acids is 1. The highest BCUT2D eigenvalue weighted by Gasteiger charge is 2.06. The van der Waals surface area contributed by atoms with Gasteiger partial charge < -0.3 is 0 Å². The highest BCUT2D eigenvalue weighted by atomic mass is 16.1. The summed E-state index contributed by atoms with van der Waals surface area (Å²) in [6.45, 7) is 2.24. The van der Waals surface area contributed by atoms with E-state index in [0.717, 1.165) is 18.4 Å². The number of unbranched alkanes of at least 4 members (excludes halogenated alkanes) is 10. The van der Waals surface area contributed by atoms with Crippen LogP contribution in [-0.4, -0.2) is 5.78 Å². The number of benzene rings is 2. The van der Waals surface area contributed by atoms with Gasteiger partial charge in [-0.3, -0.25) is 4.79 Å². The zero-order valence-electron chi connectivity index (χ0n) is 19.2. The van der Waals surface area contributed by atoms with E-state index in [0.29, 0.717) is 12.2 Å². The molecule has 0 saturated heterocycles. The maximum absolute atomic E-state index is 12.5. The van der Waals surface area contributed by atoms with Crippen LogP contribution >= 0.6 is 0 Å². The summed E-state index contributed by atoms with van der Waals surface area (Å²) in [5.74, 6) is 0.325. The molecule has 0 N–H and O–H groups in total. The van der Waals surface area contributed by atoms with E-state index in [2.05, 4.69) is 55.5 Å². The summed E-state index contributed by atoms with van der Waals surface area (Å²) in [6.07, 6.45) is 18.2. The second-order valence-corrected chi connectivity index (χ2v) is 8.75. The van der Waals surface area contributed by atoms with Gasteiger partial charge in [0.15, 0.2) is 5.78 Å². The van der Waals surface area contributed by atoms with E-state index >= 15 is 0 Å². The van der Waals surface area contributed by atoms with Gasteiger partial charge in [-0.25, -0.2) is 0 Å². The van der Waals surface area contributed by atoms with Gasteiger partial charge in [-0.15, -0.1) is 0 Å². The van der Waals surface area contributed by atoms with Crippen molar-refractivity contribution in [2.75, 3.05) is 0 Å². The molecule has 0 aliphatic carbocycles. The van der Waals surface area contributed by atoms with Crippen molar-refractivity contribution in [1.29, 1.82) is 0 Å². The van der Waals surface area contributed by atoms with Crippen molar-refractivity contribution in [2.24, 2.45) is 0 Å². The minimum absolute atomic E-state index is 0.325. The van der Waals surface area contributed by atoms with Crippen molar-refractivity contribution in [3.05, 3.63) is 71.3 Å². The lowest BCUT2D eigenvalue weighted by Gasteiger charge is -2.06. The summed E-state index contributed by atoms with van der Waals surface area (Å²) in [5, 5.41) is 0. The van der Waals surface area contributed by atoms with Crippen LogP contribution in [-0.2, 0) is 12.8 Å². The van der Waals surface area contributed by atoms with Crippen LogP contribution in [0.3, 0.4) is 0 Å². The van der Waals surface area contributed by atoms with Gasteiger partial charge in [0.25, 0.3) is 0 Å². The molecule has 0 heterocycles. The molecule has 0 atom stereocenters. The van der Waals surface area contributed by atoms with E-state index in [1.807, 2.05) is 6.07 Å². The molecule has 1 nitrogen and oxygen atoms in total. The molecule has 2 aromatic carbocycles. The summed E-state index contributed by atoms with van der Waals surface area (Å²) in [6, 6.07) is 19.2. The van der Waals surface area contributed by atoms with Gasteiger partial charge in [0, 0.05) is 12.0 Å². The Hall–Kier alpha value is -1.89. The highest BCUT2D eigenvalue weighted by Crippen LogP contribution is 2.15. The van der Waals surface area contributed by atoms with E-state index < -0.39 is 0 Å². The molecular weight excluding hydrogens is 364 g/mol. The molecule has 0 fully saturated rings. The van der Waals surface area contributed by atoms with Crippen LogP contribution < -0.4 is 0 Å². The van der Waals surface area contributed by atoms with Gasteiger partial charge in [0.05, 0.1) is 0 Å². The van der Waals surface area contributed by atoms with Gasteiger partial charge in [-0.2, -0.15) is 0 Å². The highest BCUT2D eigenvalue weighted by molar-refractivity contribution is 5.96. The van der Waals surface area contributed by atoms with Crippen LogP contribution in [0.25, 0.3) is 0 Å². The minimum Gasteiger partial charge on any atom is -0.294 e. The monoisotopic (exact) mass is 406 g/mol. The summed E-state index contributed by atoms with van der Waals surface area (Å²) in [4.78, 5) is 12.5. The Morgan fingerprint density at radius 3 is 1.87 bits per heavy atom. The third kappa shape index (κ3) is 10.8. The average Bonchev–Trinajstić information content (AvgIpc) is 2.78. The Morgan fingerprint density at radius 1 is 0.600 bits per heavy atom. The first-order valence-electron chi connectivity index (χ1n) is 12.5. The lowest BCUT2D eigenvalue weighted by Crippen LogP contribution is -2.00. The molecule has 0 bridgehead atoms. The first-order valence-corrected chi connectivity index (χ1v) is 12.5. The molecule has 1 heteroatoms. The van der Waals surface area contributed by atoms with Crippen molar-refractivity contribution in [3.63, 3.8) is 0 Å². The Labute approximate surface area is 185 Å². The molecule has 2 aromatic rings. The van der Waals surface area contributed by atoms with Crippen molar-refractivity contribution >= 4 is 5.78 Å². The Balaban J connectivity index is 1.53. The van der Waals surface area contributed by atoms with Crippen LogP contribution in [0.4, 0.5) is 0 Å². The smallest absolute Gasteiger partial charge is 0.162 e. The standard InChI is InChI=1S/C29H42O/c1-2-3-4-5-10-16-24-29(30)28-23-17-22-27(25-28)21-13-9-7-6-8-12-18-26-19-14-11-15-20-26/h11,14-15,17,19-20,22-23,25H,2-10,12-13,16,18,21,24H2,1H3. The topological polar surface area (TPSA) is 17.1 Å². The number of hydrogen-bond donors (Lipinski definition) is 0. The van der Waals surface area contributed by atoms with E-state index in [1.54, 1.807) is 0 Å². The van der Waals surface area contributed by atoms with E-state index in [4.69, 9.17) is 0 Å². The van der Waals surface area contributed by atoms with E-state index in [-0.39, 0.29) is 0 Å². The largest absolute Gasteiger partial charge is 0.294 e. The average molecular weight is 407 g/mol. The number of hydrogen-bond acceptors (Lipinski definition) is 1. The van der Waals surface area contributed by atoms with Crippen molar-refractivity contribution in [3.8, 4) is 0 Å². The Bertz CT molecular complexity index is 689. The number of ketones is 1. The van der Waals surface area contributed by atoms with Crippen LogP contribution in [0.5, 0.6) is 0 Å². The maximum Gasteiger partial charge on any atom is 0.162 e. The molecular formula is C29H42O. The lowest BCUT2D eigenvalue weighted by atomic mass is 9.99. The first-order chi connectivity index (χ1) is 14.8. The van der Waals surface area contributed by atoms with Gasteiger partial charge in [0.1, 0.15) is 0 Å². The molecule has 0 aliphatic rings. The Morgan fingerprint density at radius 2 is 1.17 bits per heavy atom. The lowest BCUT2D eigenvalue weighted by molar-refractivity contribution is 0.0979. The molecule has 0 spiro atoms. The van der Waals surface area contributed by atoms with Crippen LogP contribution in [0.2, 0.25) is 0 Å². The molecule has 2 rings (SSSR count). The summed E-state index contributed by atoms with van der Waals surface area (Å²) < 4.78 is 0. The van der Waals surface area contributed by atoms with Crippen molar-refractivity contribution < 1.29 is 4.79 Å². The van der Waals surface area contributed by atoms with Crippen LogP contribution in [0.15, 0.2) is 54.6 Å².